The van der Waals surface area contributed by atoms with E-state index in [4.69, 9.17) is 0 Å². The van der Waals surface area contributed by atoms with Crippen LogP contribution in [-0.4, -0.2) is 0 Å². The molecule has 0 amide bonds. The van der Waals surface area contributed by atoms with Crippen LogP contribution in [0.1, 0.15) is 17.5 Å². The molecule has 0 bridgehead atoms. The van der Waals surface area contributed by atoms with Gasteiger partial charge in [-0.25, -0.2) is 0 Å². The highest BCUT2D eigenvalue weighted by Gasteiger charge is 2.41. The van der Waals surface area contributed by atoms with Crippen LogP contribution >= 0.6 is 0 Å². The summed E-state index contributed by atoms with van der Waals surface area (Å²) >= 11 is 0. The molecule has 13 heavy (non-hydrogen) atoms. The average Bonchev–Trinajstić information content (AvgIpc) is 2.78. The van der Waals surface area contributed by atoms with Gasteiger partial charge < -0.3 is 0 Å². The van der Waals surface area contributed by atoms with Crippen molar-refractivity contribution in [2.45, 2.75) is 18.5 Å². The van der Waals surface area contributed by atoms with E-state index in [-0.39, 0.29) is 0 Å². The number of hydrogen-bond acceptors (Lipinski definition) is 4. The summed E-state index contributed by atoms with van der Waals surface area (Å²) in [5.41, 5.74) is 2.03. The van der Waals surface area contributed by atoms with E-state index in [9.17, 15) is 0 Å². The molecule has 3 rings (SSSR count). The van der Waals surface area contributed by atoms with Gasteiger partial charge in [0.2, 0.25) is 5.66 Å². The van der Waals surface area contributed by atoms with Crippen LogP contribution in [0.15, 0.2) is 44.9 Å². The molecule has 64 valence electrons. The van der Waals surface area contributed by atoms with Crippen molar-refractivity contribution in [1.82, 2.24) is 0 Å². The Morgan fingerprint density at radius 1 is 1.08 bits per heavy atom. The Morgan fingerprint density at radius 2 is 1.85 bits per heavy atom. The first kappa shape index (κ1) is 6.88. The van der Waals surface area contributed by atoms with Gasteiger partial charge in [0.25, 0.3) is 0 Å². The number of fused-ring (bicyclic) bond motifs is 2. The van der Waals surface area contributed by atoms with Crippen molar-refractivity contribution in [3.05, 3.63) is 35.4 Å². The largest absolute Gasteiger partial charge is 0.220 e. The highest BCUT2D eigenvalue weighted by atomic mass is 15.6. The van der Waals surface area contributed by atoms with Crippen LogP contribution < -0.4 is 0 Å². The van der Waals surface area contributed by atoms with Crippen molar-refractivity contribution in [1.29, 1.82) is 0 Å². The molecule has 1 spiro atoms. The van der Waals surface area contributed by atoms with E-state index in [1.165, 1.54) is 11.1 Å². The van der Waals surface area contributed by atoms with Crippen LogP contribution in [0.3, 0.4) is 0 Å². The van der Waals surface area contributed by atoms with Crippen LogP contribution in [-0.2, 0) is 12.1 Å². The summed E-state index contributed by atoms with van der Waals surface area (Å²) < 4.78 is 0. The van der Waals surface area contributed by atoms with Crippen molar-refractivity contribution in [2.24, 2.45) is 20.7 Å². The van der Waals surface area contributed by atoms with E-state index < -0.39 is 5.66 Å². The Morgan fingerprint density at radius 3 is 2.69 bits per heavy atom. The Bertz CT molecular complexity index is 396. The van der Waals surface area contributed by atoms with Gasteiger partial charge in [-0.3, -0.25) is 0 Å². The van der Waals surface area contributed by atoms with Crippen molar-refractivity contribution in [2.75, 3.05) is 0 Å². The standard InChI is InChI=1S/C9H8N4/c1-2-4-8-7(3-1)5-6-9(8)10-12-13-11-9/h1-4H,5-6H2. The molecule has 0 unspecified atom stereocenters. The van der Waals surface area contributed by atoms with Crippen LogP contribution in [0.5, 0.6) is 0 Å². The number of nitrogens with zero attached hydrogens (tertiary/aromatic N) is 4. The highest BCUT2D eigenvalue weighted by molar-refractivity contribution is 5.38. The van der Waals surface area contributed by atoms with Gasteiger partial charge in [-0.15, -0.1) is 10.2 Å². The third kappa shape index (κ3) is 0.798. The van der Waals surface area contributed by atoms with Crippen LogP contribution in [0.25, 0.3) is 0 Å². The van der Waals surface area contributed by atoms with Gasteiger partial charge in [0.15, 0.2) is 0 Å². The Labute approximate surface area is 75.4 Å². The van der Waals surface area contributed by atoms with Gasteiger partial charge in [-0.05, 0) is 22.4 Å². The number of rotatable bonds is 0. The summed E-state index contributed by atoms with van der Waals surface area (Å²) in [5, 5.41) is 15.4. The van der Waals surface area contributed by atoms with Gasteiger partial charge in [0, 0.05) is 12.0 Å². The van der Waals surface area contributed by atoms with Gasteiger partial charge in [-0.1, -0.05) is 24.3 Å². The molecule has 4 nitrogen and oxygen atoms in total. The van der Waals surface area contributed by atoms with Crippen molar-refractivity contribution in [3.63, 3.8) is 0 Å². The van der Waals surface area contributed by atoms with Gasteiger partial charge >= 0.3 is 0 Å². The molecule has 1 aromatic carbocycles. The first-order valence-corrected chi connectivity index (χ1v) is 4.33. The lowest BCUT2D eigenvalue weighted by Crippen LogP contribution is -2.13. The second kappa shape index (κ2) is 2.22. The zero-order chi connectivity index (χ0) is 8.73. The molecule has 4 heteroatoms. The van der Waals surface area contributed by atoms with Crippen molar-refractivity contribution in [3.8, 4) is 0 Å². The molecule has 1 aliphatic carbocycles. The Balaban J connectivity index is 2.22. The SMILES string of the molecule is c1ccc2c(c1)CCC21N=NN=N1. The molecule has 0 N–H and O–H groups in total. The van der Waals surface area contributed by atoms with Gasteiger partial charge in [0.05, 0.1) is 0 Å². The first-order chi connectivity index (χ1) is 6.41. The van der Waals surface area contributed by atoms with Crippen LogP contribution in [0, 0.1) is 0 Å². The fourth-order valence-electron chi connectivity index (χ4n) is 1.99. The van der Waals surface area contributed by atoms with Gasteiger partial charge in [0.1, 0.15) is 0 Å². The third-order valence-corrected chi connectivity index (χ3v) is 2.65. The molecule has 1 heterocycles. The molecule has 0 aromatic heterocycles. The summed E-state index contributed by atoms with van der Waals surface area (Å²) in [4.78, 5) is 0. The molecule has 0 fully saturated rings. The van der Waals surface area contributed by atoms with E-state index in [0.717, 1.165) is 12.8 Å². The second-order valence-electron chi connectivity index (χ2n) is 3.35. The van der Waals surface area contributed by atoms with E-state index in [0.29, 0.717) is 0 Å². The molecule has 0 saturated heterocycles. The second-order valence-corrected chi connectivity index (χ2v) is 3.35. The Kier molecular flexibility index (Phi) is 1.17. The number of benzene rings is 1. The summed E-state index contributed by atoms with van der Waals surface area (Å²) in [5.74, 6) is 0. The monoisotopic (exact) mass is 172 g/mol. The molecule has 0 atom stereocenters. The predicted octanol–water partition coefficient (Wildman–Crippen LogP) is 2.62. The van der Waals surface area contributed by atoms with E-state index >= 15 is 0 Å². The zero-order valence-electron chi connectivity index (χ0n) is 7.01. The maximum Gasteiger partial charge on any atom is 0.220 e. The van der Waals surface area contributed by atoms with Crippen LogP contribution in [0.4, 0.5) is 0 Å². The molecule has 1 aromatic rings. The summed E-state index contributed by atoms with van der Waals surface area (Å²) in [6, 6.07) is 8.23. The lowest BCUT2D eigenvalue weighted by atomic mass is 10.0. The van der Waals surface area contributed by atoms with Crippen molar-refractivity contribution >= 4 is 0 Å². The summed E-state index contributed by atoms with van der Waals surface area (Å²) in [6.07, 6.45) is 1.92. The molecular formula is C9H8N4. The zero-order valence-corrected chi connectivity index (χ0v) is 7.01. The molecule has 1 aliphatic heterocycles. The highest BCUT2D eigenvalue weighted by Crippen LogP contribution is 2.43. The predicted molar refractivity (Wildman–Crippen MR) is 46.2 cm³/mol. The molecule has 2 aliphatic rings. The maximum atomic E-state index is 4.10. The lowest BCUT2D eigenvalue weighted by molar-refractivity contribution is 0.462. The normalized spacial score (nSPS) is 21.2. The van der Waals surface area contributed by atoms with Crippen LogP contribution in [0.2, 0.25) is 0 Å². The number of aryl methyl sites for hydroxylation is 1. The van der Waals surface area contributed by atoms with Crippen molar-refractivity contribution < 1.29 is 0 Å². The maximum absolute atomic E-state index is 4.10. The minimum absolute atomic E-state index is 0.462. The third-order valence-electron chi connectivity index (χ3n) is 2.65. The molecule has 0 saturated carbocycles. The Hall–Kier alpha value is -1.58. The average molecular weight is 172 g/mol. The minimum Gasteiger partial charge on any atom is -0.130 e. The summed E-state index contributed by atoms with van der Waals surface area (Å²) in [7, 11) is 0. The van der Waals surface area contributed by atoms with E-state index in [1.807, 2.05) is 12.1 Å². The lowest BCUT2D eigenvalue weighted by Gasteiger charge is -2.12. The molecule has 0 radical (unpaired) electrons. The first-order valence-electron chi connectivity index (χ1n) is 4.33. The molecular weight excluding hydrogens is 164 g/mol. The van der Waals surface area contributed by atoms with Gasteiger partial charge in [-0.2, -0.15) is 0 Å². The fraction of sp³-hybridized carbons (Fsp3) is 0.333. The van der Waals surface area contributed by atoms with E-state index in [1.54, 1.807) is 0 Å². The van der Waals surface area contributed by atoms with E-state index in [2.05, 4.69) is 32.8 Å². The quantitative estimate of drug-likeness (QED) is 0.577. The minimum atomic E-state index is -0.462. The number of hydrogen-bond donors (Lipinski definition) is 0. The smallest absolute Gasteiger partial charge is 0.130 e. The summed E-state index contributed by atoms with van der Waals surface area (Å²) in [6.45, 7) is 0. The fourth-order valence-corrected chi connectivity index (χ4v) is 1.99. The topological polar surface area (TPSA) is 49.4 Å².